The summed E-state index contributed by atoms with van der Waals surface area (Å²) in [7, 11) is 0. The van der Waals surface area contributed by atoms with Gasteiger partial charge in [-0.1, -0.05) is 17.9 Å². The normalized spacial score (nSPS) is 6.75. The maximum Gasteiger partial charge on any atom is 0.305 e. The molecule has 0 aliphatic heterocycles. The van der Waals surface area contributed by atoms with Gasteiger partial charge in [-0.15, -0.1) is 0 Å². The minimum absolute atomic E-state index is 0.236. The standard InChI is InChI=1S/C5H7NOS/c1-3-4-5(7)6-8-2/h1-2H3,(H,6,7). The third-order valence-electron chi connectivity index (χ3n) is 0.433. The van der Waals surface area contributed by atoms with Gasteiger partial charge in [-0.05, 0) is 12.8 Å². The maximum absolute atomic E-state index is 10.3. The fourth-order valence-electron chi connectivity index (χ4n) is 0.232. The molecule has 0 unspecified atom stereocenters. The molecule has 0 bridgehead atoms. The number of amides is 1. The summed E-state index contributed by atoms with van der Waals surface area (Å²) in [5, 5.41) is 0. The van der Waals surface area contributed by atoms with Crippen molar-refractivity contribution < 1.29 is 4.79 Å². The summed E-state index contributed by atoms with van der Waals surface area (Å²) in [6.07, 6.45) is 1.77. The Morgan fingerprint density at radius 2 is 2.38 bits per heavy atom. The van der Waals surface area contributed by atoms with Crippen molar-refractivity contribution >= 4 is 17.9 Å². The number of rotatable bonds is 1. The second-order valence-corrected chi connectivity index (χ2v) is 1.62. The Hall–Kier alpha value is -0.620. The largest absolute Gasteiger partial charge is 0.305 e. The van der Waals surface area contributed by atoms with Gasteiger partial charge < -0.3 is 0 Å². The molecule has 3 heteroatoms. The highest BCUT2D eigenvalue weighted by Crippen LogP contribution is 1.78. The second kappa shape index (κ2) is 4.54. The van der Waals surface area contributed by atoms with Crippen LogP contribution in [0.5, 0.6) is 0 Å². The first-order chi connectivity index (χ1) is 3.81. The van der Waals surface area contributed by atoms with Gasteiger partial charge >= 0.3 is 5.91 Å². The van der Waals surface area contributed by atoms with E-state index >= 15 is 0 Å². The molecule has 0 spiro atoms. The Morgan fingerprint density at radius 1 is 1.75 bits per heavy atom. The Morgan fingerprint density at radius 3 is 2.75 bits per heavy atom. The smallest absolute Gasteiger partial charge is 0.289 e. The summed E-state index contributed by atoms with van der Waals surface area (Å²) in [4.78, 5) is 10.3. The number of hydrogen-bond donors (Lipinski definition) is 1. The van der Waals surface area contributed by atoms with Crippen molar-refractivity contribution in [2.24, 2.45) is 0 Å². The molecule has 0 aromatic heterocycles. The number of carbonyl (C=O) groups is 1. The minimum atomic E-state index is -0.236. The van der Waals surface area contributed by atoms with Gasteiger partial charge in [-0.2, -0.15) is 0 Å². The topological polar surface area (TPSA) is 29.1 Å². The predicted molar refractivity (Wildman–Crippen MR) is 35.1 cm³/mol. The van der Waals surface area contributed by atoms with Crippen molar-refractivity contribution in [3.8, 4) is 11.8 Å². The van der Waals surface area contributed by atoms with E-state index in [-0.39, 0.29) is 5.91 Å². The van der Waals surface area contributed by atoms with Crippen LogP contribution in [0.4, 0.5) is 0 Å². The van der Waals surface area contributed by atoms with Gasteiger partial charge in [0, 0.05) is 6.26 Å². The lowest BCUT2D eigenvalue weighted by Crippen LogP contribution is -2.11. The molecule has 0 aromatic carbocycles. The zero-order valence-corrected chi connectivity index (χ0v) is 5.63. The van der Waals surface area contributed by atoms with Gasteiger partial charge in [0.1, 0.15) is 0 Å². The van der Waals surface area contributed by atoms with E-state index in [2.05, 4.69) is 16.6 Å². The average molecular weight is 129 g/mol. The number of nitrogens with one attached hydrogen (secondary N) is 1. The second-order valence-electron chi connectivity index (χ2n) is 1.01. The van der Waals surface area contributed by atoms with E-state index < -0.39 is 0 Å². The van der Waals surface area contributed by atoms with Crippen molar-refractivity contribution in [1.29, 1.82) is 0 Å². The lowest BCUT2D eigenvalue weighted by atomic mass is 10.6. The van der Waals surface area contributed by atoms with Crippen molar-refractivity contribution in [3.63, 3.8) is 0 Å². The van der Waals surface area contributed by atoms with Gasteiger partial charge in [0.15, 0.2) is 0 Å². The highest BCUT2D eigenvalue weighted by Gasteiger charge is 1.86. The molecule has 1 amide bonds. The van der Waals surface area contributed by atoms with Crippen LogP contribution < -0.4 is 4.72 Å². The highest BCUT2D eigenvalue weighted by molar-refractivity contribution is 7.97. The van der Waals surface area contributed by atoms with Gasteiger partial charge in [-0.25, -0.2) is 0 Å². The number of hydrogen-bond acceptors (Lipinski definition) is 2. The molecular weight excluding hydrogens is 122 g/mol. The molecule has 1 N–H and O–H groups in total. The summed E-state index contributed by atoms with van der Waals surface area (Å²) in [5.74, 6) is 4.57. The van der Waals surface area contributed by atoms with Crippen molar-refractivity contribution in [2.75, 3.05) is 6.26 Å². The van der Waals surface area contributed by atoms with Crippen LogP contribution in [0.3, 0.4) is 0 Å². The van der Waals surface area contributed by atoms with Crippen molar-refractivity contribution in [2.45, 2.75) is 6.92 Å². The van der Waals surface area contributed by atoms with Crippen LogP contribution in [0.15, 0.2) is 0 Å². The van der Waals surface area contributed by atoms with E-state index in [4.69, 9.17) is 0 Å². The van der Waals surface area contributed by atoms with Crippen LogP contribution in [0, 0.1) is 11.8 Å². The van der Waals surface area contributed by atoms with Gasteiger partial charge in [0.25, 0.3) is 0 Å². The summed E-state index contributed by atoms with van der Waals surface area (Å²) < 4.78 is 2.45. The van der Waals surface area contributed by atoms with Crippen molar-refractivity contribution in [1.82, 2.24) is 4.72 Å². The molecule has 0 aliphatic carbocycles. The Bertz CT molecular complexity index is 133. The molecule has 2 nitrogen and oxygen atoms in total. The summed E-state index contributed by atoms with van der Waals surface area (Å²) in [5.41, 5.74) is 0. The lowest BCUT2D eigenvalue weighted by molar-refractivity contribution is -0.113. The van der Waals surface area contributed by atoms with Crippen LogP contribution in [-0.4, -0.2) is 12.2 Å². The fourth-order valence-corrected chi connectivity index (χ4v) is 0.468. The quantitative estimate of drug-likeness (QED) is 0.410. The summed E-state index contributed by atoms with van der Waals surface area (Å²) in [6.45, 7) is 1.62. The predicted octanol–water partition coefficient (Wildman–Crippen LogP) is 0.404. The highest BCUT2D eigenvalue weighted by atomic mass is 32.2. The van der Waals surface area contributed by atoms with Gasteiger partial charge in [0.2, 0.25) is 0 Å². The Labute approximate surface area is 53.2 Å². The molecule has 8 heavy (non-hydrogen) atoms. The van der Waals surface area contributed by atoms with Gasteiger partial charge in [0.05, 0.1) is 0 Å². The Kier molecular flexibility index (Phi) is 4.19. The Balaban J connectivity index is 3.44. The molecule has 44 valence electrons. The third-order valence-corrected chi connectivity index (χ3v) is 0.823. The van der Waals surface area contributed by atoms with Crippen LogP contribution >= 0.6 is 11.9 Å². The molecular formula is C5H7NOS. The van der Waals surface area contributed by atoms with Gasteiger partial charge in [-0.3, -0.25) is 9.52 Å². The maximum atomic E-state index is 10.3. The van der Waals surface area contributed by atoms with Crippen LogP contribution in [0.25, 0.3) is 0 Å². The van der Waals surface area contributed by atoms with Crippen LogP contribution in [0.1, 0.15) is 6.92 Å². The average Bonchev–Trinajstić information content (AvgIpc) is 1.68. The molecule has 0 rings (SSSR count). The first kappa shape index (κ1) is 7.38. The third kappa shape index (κ3) is 3.57. The molecule has 0 aromatic rings. The van der Waals surface area contributed by atoms with E-state index in [9.17, 15) is 4.79 Å². The summed E-state index contributed by atoms with van der Waals surface area (Å²) in [6, 6.07) is 0. The molecule has 0 atom stereocenters. The number of carbonyl (C=O) groups excluding carboxylic acids is 1. The molecule has 0 radical (unpaired) electrons. The lowest BCUT2D eigenvalue weighted by Gasteiger charge is -1.87. The summed E-state index contributed by atoms with van der Waals surface area (Å²) >= 11 is 1.25. The van der Waals surface area contributed by atoms with Crippen LogP contribution in [-0.2, 0) is 4.79 Å². The zero-order chi connectivity index (χ0) is 6.41. The first-order valence-corrected chi connectivity index (χ1v) is 3.29. The van der Waals surface area contributed by atoms with E-state index in [0.29, 0.717) is 0 Å². The van der Waals surface area contributed by atoms with Crippen molar-refractivity contribution in [3.05, 3.63) is 0 Å². The first-order valence-electron chi connectivity index (χ1n) is 2.07. The van der Waals surface area contributed by atoms with E-state index in [0.717, 1.165) is 0 Å². The molecule has 0 saturated heterocycles. The molecule has 0 heterocycles. The van der Waals surface area contributed by atoms with E-state index in [1.807, 2.05) is 0 Å². The molecule has 0 aliphatic rings. The monoisotopic (exact) mass is 129 g/mol. The van der Waals surface area contributed by atoms with Crippen LogP contribution in [0.2, 0.25) is 0 Å². The minimum Gasteiger partial charge on any atom is -0.289 e. The van der Waals surface area contributed by atoms with E-state index in [1.165, 1.54) is 11.9 Å². The molecule has 0 fully saturated rings. The van der Waals surface area contributed by atoms with E-state index in [1.54, 1.807) is 13.2 Å². The SMILES string of the molecule is CC#CC(=O)NSC. The fraction of sp³-hybridized carbons (Fsp3) is 0.400. The molecule has 0 saturated carbocycles. The zero-order valence-electron chi connectivity index (χ0n) is 4.82.